The first-order valence-electron chi connectivity index (χ1n) is 5.29. The van der Waals surface area contributed by atoms with Crippen LogP contribution in [0.4, 0.5) is 13.2 Å². The number of alkyl halides is 3. The van der Waals surface area contributed by atoms with E-state index in [1.165, 1.54) is 12.1 Å². The Labute approximate surface area is 112 Å². The highest BCUT2D eigenvalue weighted by atomic mass is 35.5. The molecule has 0 saturated heterocycles. The fourth-order valence-electron chi connectivity index (χ4n) is 1.66. The maximum atomic E-state index is 12.7. The lowest BCUT2D eigenvalue weighted by atomic mass is 10.0. The highest BCUT2D eigenvalue weighted by Gasteiger charge is 2.33. The van der Waals surface area contributed by atoms with Crippen LogP contribution >= 0.6 is 11.6 Å². The molecule has 0 saturated carbocycles. The predicted molar refractivity (Wildman–Crippen MR) is 66.6 cm³/mol. The van der Waals surface area contributed by atoms with Gasteiger partial charge in [-0.3, -0.25) is 0 Å². The lowest BCUT2D eigenvalue weighted by Gasteiger charge is -2.11. The maximum absolute atomic E-state index is 12.7. The summed E-state index contributed by atoms with van der Waals surface area (Å²) in [4.78, 5) is 0. The van der Waals surface area contributed by atoms with Crippen molar-refractivity contribution >= 4 is 11.6 Å². The summed E-state index contributed by atoms with van der Waals surface area (Å²) < 4.78 is 38.2. The molecule has 0 atom stereocenters. The molecule has 0 aliphatic carbocycles. The number of hydrogen-bond donors (Lipinski definition) is 0. The Morgan fingerprint density at radius 3 is 2.05 bits per heavy atom. The van der Waals surface area contributed by atoms with E-state index in [2.05, 4.69) is 0 Å². The second-order valence-electron chi connectivity index (χ2n) is 3.88. The zero-order valence-electron chi connectivity index (χ0n) is 9.50. The molecule has 0 heterocycles. The van der Waals surface area contributed by atoms with Crippen molar-refractivity contribution in [3.8, 4) is 17.2 Å². The fourth-order valence-corrected chi connectivity index (χ4v) is 1.88. The van der Waals surface area contributed by atoms with E-state index in [9.17, 15) is 13.2 Å². The number of halogens is 4. The van der Waals surface area contributed by atoms with Crippen LogP contribution in [0, 0.1) is 11.3 Å². The number of rotatable bonds is 1. The smallest absolute Gasteiger partial charge is 0.192 e. The zero-order valence-corrected chi connectivity index (χ0v) is 10.3. The van der Waals surface area contributed by atoms with Crippen molar-refractivity contribution < 1.29 is 13.2 Å². The third-order valence-electron chi connectivity index (χ3n) is 2.62. The topological polar surface area (TPSA) is 23.8 Å². The van der Waals surface area contributed by atoms with Crippen LogP contribution in [-0.4, -0.2) is 0 Å². The van der Waals surface area contributed by atoms with Crippen molar-refractivity contribution in [1.29, 1.82) is 5.26 Å². The molecule has 0 aliphatic heterocycles. The van der Waals surface area contributed by atoms with E-state index in [1.807, 2.05) is 6.07 Å². The molecule has 0 unspecified atom stereocenters. The summed E-state index contributed by atoms with van der Waals surface area (Å²) in [5.74, 6) is 0. The lowest BCUT2D eigenvalue weighted by Crippen LogP contribution is -2.05. The molecule has 0 amide bonds. The van der Waals surface area contributed by atoms with Gasteiger partial charge in [0.15, 0.2) is 0 Å². The Morgan fingerprint density at radius 2 is 1.53 bits per heavy atom. The fraction of sp³-hybridized carbons (Fsp3) is 0.0714. The van der Waals surface area contributed by atoms with Crippen LogP contribution in [0.2, 0.25) is 5.02 Å². The summed E-state index contributed by atoms with van der Waals surface area (Å²) >= 11 is 5.55. The van der Waals surface area contributed by atoms with Crippen molar-refractivity contribution in [2.45, 2.75) is 6.18 Å². The lowest BCUT2D eigenvalue weighted by molar-refractivity contribution is -0.137. The highest BCUT2D eigenvalue weighted by Crippen LogP contribution is 2.37. The van der Waals surface area contributed by atoms with Gasteiger partial charge in [-0.2, -0.15) is 18.4 Å². The summed E-state index contributed by atoms with van der Waals surface area (Å²) in [6.07, 6.45) is -4.49. The molecule has 2 aromatic carbocycles. The quantitative estimate of drug-likeness (QED) is 0.729. The molecular formula is C14H7ClF3N. The number of nitrogens with zero attached hydrogens (tertiary/aromatic N) is 1. The van der Waals surface area contributed by atoms with Gasteiger partial charge in [0.05, 0.1) is 22.2 Å². The van der Waals surface area contributed by atoms with Gasteiger partial charge in [-0.1, -0.05) is 29.8 Å². The average Bonchev–Trinajstić information content (AvgIpc) is 2.38. The Bertz CT molecular complexity index is 639. The van der Waals surface area contributed by atoms with E-state index in [1.54, 1.807) is 24.3 Å². The van der Waals surface area contributed by atoms with Crippen LogP contribution in [-0.2, 0) is 6.18 Å². The SMILES string of the molecule is N#Cc1ccc(-c2ccc(Cl)c(C(F)(F)F)c2)cc1. The average molecular weight is 282 g/mol. The third kappa shape index (κ3) is 2.88. The molecule has 1 nitrogen and oxygen atoms in total. The molecule has 2 aromatic rings. The number of hydrogen-bond acceptors (Lipinski definition) is 1. The normalized spacial score (nSPS) is 11.1. The Hall–Kier alpha value is -1.99. The second-order valence-corrected chi connectivity index (χ2v) is 4.29. The predicted octanol–water partition coefficient (Wildman–Crippen LogP) is 4.90. The largest absolute Gasteiger partial charge is 0.417 e. The highest BCUT2D eigenvalue weighted by molar-refractivity contribution is 6.31. The number of nitriles is 1. The summed E-state index contributed by atoms with van der Waals surface area (Å²) in [5.41, 5.74) is 0.590. The Morgan fingerprint density at radius 1 is 0.947 bits per heavy atom. The van der Waals surface area contributed by atoms with Gasteiger partial charge >= 0.3 is 6.18 Å². The van der Waals surface area contributed by atoms with Gasteiger partial charge < -0.3 is 0 Å². The van der Waals surface area contributed by atoms with E-state index in [0.717, 1.165) is 6.07 Å². The minimum atomic E-state index is -4.49. The molecule has 0 spiro atoms. The summed E-state index contributed by atoms with van der Waals surface area (Å²) in [6, 6.07) is 12.0. The first kappa shape index (κ1) is 13.4. The Kier molecular flexibility index (Phi) is 3.50. The van der Waals surface area contributed by atoms with Gasteiger partial charge in [0.2, 0.25) is 0 Å². The van der Waals surface area contributed by atoms with E-state index in [4.69, 9.17) is 16.9 Å². The molecule has 19 heavy (non-hydrogen) atoms. The maximum Gasteiger partial charge on any atom is 0.417 e. The summed E-state index contributed by atoms with van der Waals surface area (Å²) in [7, 11) is 0. The van der Waals surface area contributed by atoms with Crippen LogP contribution in [0.5, 0.6) is 0 Å². The van der Waals surface area contributed by atoms with E-state index in [0.29, 0.717) is 16.7 Å². The molecule has 96 valence electrons. The van der Waals surface area contributed by atoms with Crippen LogP contribution in [0.3, 0.4) is 0 Å². The van der Waals surface area contributed by atoms with Gasteiger partial charge in [-0.25, -0.2) is 0 Å². The molecule has 0 N–H and O–H groups in total. The molecule has 5 heteroatoms. The first-order chi connectivity index (χ1) is 8.91. The van der Waals surface area contributed by atoms with E-state index >= 15 is 0 Å². The molecule has 0 bridgehead atoms. The standard InChI is InChI=1S/C14H7ClF3N/c15-13-6-5-11(7-12(13)14(16,17)18)10-3-1-9(8-19)2-4-10/h1-7H. The van der Waals surface area contributed by atoms with Crippen molar-refractivity contribution in [3.63, 3.8) is 0 Å². The summed E-state index contributed by atoms with van der Waals surface area (Å²) in [6.45, 7) is 0. The van der Waals surface area contributed by atoms with Gasteiger partial charge in [-0.05, 0) is 35.4 Å². The minimum Gasteiger partial charge on any atom is -0.192 e. The zero-order chi connectivity index (χ0) is 14.0. The molecule has 0 aliphatic rings. The molecule has 0 aromatic heterocycles. The van der Waals surface area contributed by atoms with Crippen LogP contribution in [0.15, 0.2) is 42.5 Å². The van der Waals surface area contributed by atoms with Gasteiger partial charge in [0, 0.05) is 0 Å². The van der Waals surface area contributed by atoms with Crippen molar-refractivity contribution in [3.05, 3.63) is 58.6 Å². The first-order valence-corrected chi connectivity index (χ1v) is 5.67. The monoisotopic (exact) mass is 281 g/mol. The minimum absolute atomic E-state index is 0.329. The molecule has 2 rings (SSSR count). The van der Waals surface area contributed by atoms with Crippen molar-refractivity contribution in [2.75, 3.05) is 0 Å². The summed E-state index contributed by atoms with van der Waals surface area (Å²) in [5, 5.41) is 8.34. The van der Waals surface area contributed by atoms with E-state index in [-0.39, 0.29) is 5.02 Å². The Balaban J connectivity index is 2.49. The van der Waals surface area contributed by atoms with Crippen molar-refractivity contribution in [1.82, 2.24) is 0 Å². The van der Waals surface area contributed by atoms with Gasteiger partial charge in [-0.15, -0.1) is 0 Å². The molecule has 0 radical (unpaired) electrons. The second kappa shape index (κ2) is 4.94. The van der Waals surface area contributed by atoms with Crippen LogP contribution in [0.25, 0.3) is 11.1 Å². The molecule has 0 fully saturated rings. The van der Waals surface area contributed by atoms with Crippen molar-refractivity contribution in [2.24, 2.45) is 0 Å². The van der Waals surface area contributed by atoms with Gasteiger partial charge in [0.1, 0.15) is 0 Å². The molecular weight excluding hydrogens is 275 g/mol. The third-order valence-corrected chi connectivity index (χ3v) is 2.95. The number of benzene rings is 2. The van der Waals surface area contributed by atoms with Crippen LogP contribution in [0.1, 0.15) is 11.1 Å². The van der Waals surface area contributed by atoms with E-state index < -0.39 is 11.7 Å². The van der Waals surface area contributed by atoms with Crippen LogP contribution < -0.4 is 0 Å². The van der Waals surface area contributed by atoms with Gasteiger partial charge in [0.25, 0.3) is 0 Å².